The molecule has 4 rings (SSSR count). The van der Waals surface area contributed by atoms with Gasteiger partial charge in [0, 0.05) is 16.5 Å². The fraction of sp³-hybridized carbons (Fsp3) is 0.231. The van der Waals surface area contributed by atoms with Crippen molar-refractivity contribution < 1.29 is 32.9 Å². The Kier molecular flexibility index (Phi) is 7.65. The van der Waals surface area contributed by atoms with Gasteiger partial charge in [0.15, 0.2) is 16.6 Å². The Morgan fingerprint density at radius 3 is 2.22 bits per heavy atom. The van der Waals surface area contributed by atoms with E-state index in [1.165, 1.54) is 32.7 Å². The predicted octanol–water partition coefficient (Wildman–Crippen LogP) is 5.29. The lowest BCUT2D eigenvalue weighted by atomic mass is 10.1. The molecule has 0 aliphatic heterocycles. The molecule has 4 aromatic rings. The number of rotatable bonds is 10. The molecule has 1 amide bonds. The van der Waals surface area contributed by atoms with Gasteiger partial charge in [-0.25, -0.2) is 4.98 Å². The van der Waals surface area contributed by atoms with Crippen molar-refractivity contribution in [1.82, 2.24) is 4.98 Å². The highest BCUT2D eigenvalue weighted by molar-refractivity contribution is 7.14. The van der Waals surface area contributed by atoms with Crippen molar-refractivity contribution >= 4 is 22.4 Å². The third-order valence-electron chi connectivity index (χ3n) is 5.46. The molecule has 0 fully saturated rings. The zero-order valence-corrected chi connectivity index (χ0v) is 21.4. The average Bonchev–Trinajstić information content (AvgIpc) is 3.62. The second-order valence-electron chi connectivity index (χ2n) is 7.47. The lowest BCUT2D eigenvalue weighted by molar-refractivity contribution is 0.0982. The lowest BCUT2D eigenvalue weighted by Crippen LogP contribution is -2.30. The third kappa shape index (κ3) is 4.94. The maximum absolute atomic E-state index is 13.8. The molecule has 2 aromatic heterocycles. The summed E-state index contributed by atoms with van der Waals surface area (Å²) in [6.07, 6.45) is 1.56. The fourth-order valence-corrected chi connectivity index (χ4v) is 4.49. The Labute approximate surface area is 212 Å². The Morgan fingerprint density at radius 2 is 1.64 bits per heavy atom. The van der Waals surface area contributed by atoms with Gasteiger partial charge in [0.25, 0.3) is 5.91 Å². The van der Waals surface area contributed by atoms with E-state index in [1.807, 2.05) is 23.6 Å². The van der Waals surface area contributed by atoms with Gasteiger partial charge in [-0.3, -0.25) is 9.69 Å². The van der Waals surface area contributed by atoms with Crippen LogP contribution in [-0.2, 0) is 6.54 Å². The van der Waals surface area contributed by atoms with Crippen LogP contribution in [0.2, 0.25) is 0 Å². The number of nitrogens with zero attached hydrogens (tertiary/aromatic N) is 2. The second kappa shape index (κ2) is 11.0. The zero-order valence-electron chi connectivity index (χ0n) is 20.6. The lowest BCUT2D eigenvalue weighted by Gasteiger charge is -2.20. The smallest absolute Gasteiger partial charge is 0.260 e. The van der Waals surface area contributed by atoms with Crippen LogP contribution in [0.5, 0.6) is 28.7 Å². The van der Waals surface area contributed by atoms with Gasteiger partial charge in [0.1, 0.15) is 17.3 Å². The Bertz CT molecular complexity index is 1310. The molecule has 36 heavy (non-hydrogen) atoms. The van der Waals surface area contributed by atoms with Crippen molar-refractivity contribution in [3.05, 3.63) is 65.4 Å². The largest absolute Gasteiger partial charge is 0.497 e. The number of hydrogen-bond acceptors (Lipinski definition) is 9. The summed E-state index contributed by atoms with van der Waals surface area (Å²) in [6, 6.07) is 12.3. The molecule has 188 valence electrons. The van der Waals surface area contributed by atoms with Crippen molar-refractivity contribution in [3.63, 3.8) is 0 Å². The first-order chi connectivity index (χ1) is 17.5. The van der Waals surface area contributed by atoms with Crippen LogP contribution in [0.25, 0.3) is 11.3 Å². The van der Waals surface area contributed by atoms with Crippen LogP contribution in [0.15, 0.2) is 58.5 Å². The Balaban J connectivity index is 1.77. The van der Waals surface area contributed by atoms with E-state index in [9.17, 15) is 4.79 Å². The van der Waals surface area contributed by atoms with E-state index in [0.717, 1.165) is 5.56 Å². The SMILES string of the molecule is COc1ccc(OC)c(-c2csc(N(Cc3ccco3)C(=O)c3cc(OC)c(OC)c(OC)c3)n2)c1. The molecule has 0 N–H and O–H groups in total. The van der Waals surface area contributed by atoms with E-state index in [1.54, 1.807) is 49.6 Å². The highest BCUT2D eigenvalue weighted by Crippen LogP contribution is 2.40. The van der Waals surface area contributed by atoms with Gasteiger partial charge in [0.2, 0.25) is 5.75 Å². The fourth-order valence-electron chi connectivity index (χ4n) is 3.67. The summed E-state index contributed by atoms with van der Waals surface area (Å²) in [5.74, 6) is 2.74. The molecule has 9 nitrogen and oxygen atoms in total. The first kappa shape index (κ1) is 24.9. The number of methoxy groups -OCH3 is 5. The second-order valence-corrected chi connectivity index (χ2v) is 8.30. The number of ether oxygens (including phenoxy) is 5. The van der Waals surface area contributed by atoms with Crippen LogP contribution >= 0.6 is 11.3 Å². The van der Waals surface area contributed by atoms with E-state index >= 15 is 0 Å². The summed E-state index contributed by atoms with van der Waals surface area (Å²) in [7, 11) is 7.70. The van der Waals surface area contributed by atoms with Gasteiger partial charge >= 0.3 is 0 Å². The molecular formula is C26H26N2O7S. The minimum absolute atomic E-state index is 0.171. The van der Waals surface area contributed by atoms with Crippen LogP contribution in [0, 0.1) is 0 Å². The van der Waals surface area contributed by atoms with Crippen molar-refractivity contribution in [2.45, 2.75) is 6.54 Å². The van der Waals surface area contributed by atoms with Gasteiger partial charge in [-0.1, -0.05) is 0 Å². The maximum Gasteiger partial charge on any atom is 0.260 e. The molecule has 0 radical (unpaired) electrons. The number of aromatic nitrogens is 1. The maximum atomic E-state index is 13.8. The van der Waals surface area contributed by atoms with Gasteiger partial charge in [0.05, 0.1) is 54.1 Å². The number of thiazole rings is 1. The first-order valence-electron chi connectivity index (χ1n) is 10.8. The van der Waals surface area contributed by atoms with Crippen molar-refractivity contribution in [2.24, 2.45) is 0 Å². The third-order valence-corrected chi connectivity index (χ3v) is 6.32. The number of carbonyl (C=O) groups is 1. The average molecular weight is 511 g/mol. The number of carbonyl (C=O) groups excluding carboxylic acids is 1. The quantitative estimate of drug-likeness (QED) is 0.284. The van der Waals surface area contributed by atoms with Gasteiger partial charge in [-0.05, 0) is 42.5 Å². The highest BCUT2D eigenvalue weighted by atomic mass is 32.1. The number of hydrogen-bond donors (Lipinski definition) is 0. The monoisotopic (exact) mass is 510 g/mol. The molecule has 0 saturated heterocycles. The predicted molar refractivity (Wildman–Crippen MR) is 136 cm³/mol. The molecular weight excluding hydrogens is 484 g/mol. The number of anilines is 1. The molecule has 0 aliphatic carbocycles. The van der Waals surface area contributed by atoms with Gasteiger partial charge < -0.3 is 28.1 Å². The van der Waals surface area contributed by atoms with Crippen LogP contribution < -0.4 is 28.6 Å². The molecule has 2 aromatic carbocycles. The zero-order chi connectivity index (χ0) is 25.7. The molecule has 0 spiro atoms. The topological polar surface area (TPSA) is 92.5 Å². The van der Waals surface area contributed by atoms with E-state index in [-0.39, 0.29) is 12.5 Å². The van der Waals surface area contributed by atoms with Gasteiger partial charge in [-0.15, -0.1) is 11.3 Å². The molecule has 0 bridgehead atoms. The molecule has 10 heteroatoms. The molecule has 0 saturated carbocycles. The van der Waals surface area contributed by atoms with Crippen LogP contribution in [0.1, 0.15) is 16.1 Å². The summed E-state index contributed by atoms with van der Waals surface area (Å²) < 4.78 is 32.7. The number of benzene rings is 2. The highest BCUT2D eigenvalue weighted by Gasteiger charge is 2.26. The summed E-state index contributed by atoms with van der Waals surface area (Å²) in [4.78, 5) is 20.1. The summed E-state index contributed by atoms with van der Waals surface area (Å²) in [5, 5.41) is 2.34. The van der Waals surface area contributed by atoms with Gasteiger partial charge in [-0.2, -0.15) is 0 Å². The minimum Gasteiger partial charge on any atom is -0.497 e. The number of amides is 1. The molecule has 0 atom stereocenters. The summed E-state index contributed by atoms with van der Waals surface area (Å²) in [5.41, 5.74) is 1.73. The molecule has 2 heterocycles. The normalized spacial score (nSPS) is 10.6. The van der Waals surface area contributed by atoms with E-state index in [4.69, 9.17) is 33.1 Å². The van der Waals surface area contributed by atoms with E-state index in [2.05, 4.69) is 0 Å². The Hall–Kier alpha value is -4.18. The van der Waals surface area contributed by atoms with Crippen LogP contribution in [-0.4, -0.2) is 46.4 Å². The molecule has 0 unspecified atom stereocenters. The standard InChI is InChI=1S/C26H26N2O7S/c1-30-17-8-9-21(31-2)19(13-17)20-15-36-26(27-20)28(14-18-7-6-10-35-18)25(29)16-11-22(32-3)24(34-5)23(12-16)33-4/h6-13,15H,14H2,1-5H3. The van der Waals surface area contributed by atoms with E-state index in [0.29, 0.717) is 50.9 Å². The van der Waals surface area contributed by atoms with Crippen molar-refractivity contribution in [2.75, 3.05) is 40.4 Å². The van der Waals surface area contributed by atoms with Crippen LogP contribution in [0.4, 0.5) is 5.13 Å². The molecule has 0 aliphatic rings. The number of furan rings is 1. The van der Waals surface area contributed by atoms with E-state index < -0.39 is 0 Å². The Morgan fingerprint density at radius 1 is 0.917 bits per heavy atom. The van der Waals surface area contributed by atoms with Crippen molar-refractivity contribution in [1.29, 1.82) is 0 Å². The van der Waals surface area contributed by atoms with Crippen molar-refractivity contribution in [3.8, 4) is 40.0 Å². The minimum atomic E-state index is -0.316. The van der Waals surface area contributed by atoms with Crippen LogP contribution in [0.3, 0.4) is 0 Å². The summed E-state index contributed by atoms with van der Waals surface area (Å²) in [6.45, 7) is 0.171. The first-order valence-corrected chi connectivity index (χ1v) is 11.7. The summed E-state index contributed by atoms with van der Waals surface area (Å²) >= 11 is 1.33.